The van der Waals surface area contributed by atoms with Gasteiger partial charge in [-0.3, -0.25) is 4.79 Å². The monoisotopic (exact) mass is 659 g/mol. The average molecular weight is 659 g/mol. The van der Waals surface area contributed by atoms with Crippen LogP contribution < -0.4 is 0 Å². The Morgan fingerprint density at radius 1 is 0.674 bits per heavy atom. The van der Waals surface area contributed by atoms with E-state index in [0.717, 1.165) is 32.1 Å². The zero-order chi connectivity index (χ0) is 33.7. The molecule has 46 heavy (non-hydrogen) atoms. The number of unbranched alkanes of at least 4 members (excludes halogenated alkanes) is 18. The van der Waals surface area contributed by atoms with Crippen LogP contribution in [0.4, 0.5) is 0 Å². The lowest BCUT2D eigenvalue weighted by atomic mass is 9.99. The van der Waals surface area contributed by atoms with Crippen molar-refractivity contribution >= 4 is 5.97 Å². The molecule has 1 rings (SSSR count). The molecule has 1 aliphatic rings. The molecule has 1 aliphatic heterocycles. The molecular formula is C37H70O9. The lowest BCUT2D eigenvalue weighted by molar-refractivity contribution is -0.305. The highest BCUT2D eigenvalue weighted by molar-refractivity contribution is 5.69. The Balaban J connectivity index is 2.34. The van der Waals surface area contributed by atoms with Gasteiger partial charge >= 0.3 is 5.97 Å². The minimum atomic E-state index is -1.53. The van der Waals surface area contributed by atoms with Crippen LogP contribution in [0.5, 0.6) is 0 Å². The largest absolute Gasteiger partial charge is 0.457 e. The maximum absolute atomic E-state index is 12.6. The number of ether oxygens (including phenoxy) is 4. The zero-order valence-corrected chi connectivity index (χ0v) is 29.3. The van der Waals surface area contributed by atoms with E-state index in [2.05, 4.69) is 26.0 Å². The maximum atomic E-state index is 12.6. The molecule has 272 valence electrons. The van der Waals surface area contributed by atoms with E-state index in [1.807, 2.05) is 0 Å². The summed E-state index contributed by atoms with van der Waals surface area (Å²) in [6.45, 7) is 4.50. The van der Waals surface area contributed by atoms with Crippen LogP contribution in [0, 0.1) is 0 Å². The van der Waals surface area contributed by atoms with Gasteiger partial charge in [-0.2, -0.15) is 0 Å². The second kappa shape index (κ2) is 30.0. The third-order valence-electron chi connectivity index (χ3n) is 8.68. The molecule has 0 aromatic rings. The summed E-state index contributed by atoms with van der Waals surface area (Å²) >= 11 is 0. The predicted molar refractivity (Wildman–Crippen MR) is 182 cm³/mol. The molecule has 0 saturated carbocycles. The third kappa shape index (κ3) is 21.7. The van der Waals surface area contributed by atoms with Gasteiger partial charge in [-0.05, 0) is 38.5 Å². The summed E-state index contributed by atoms with van der Waals surface area (Å²) in [5, 5.41) is 39.9. The van der Waals surface area contributed by atoms with Crippen LogP contribution in [0.3, 0.4) is 0 Å². The maximum Gasteiger partial charge on any atom is 0.306 e. The summed E-state index contributed by atoms with van der Waals surface area (Å²) in [5.41, 5.74) is 0. The highest BCUT2D eigenvalue weighted by Gasteiger charge is 2.44. The van der Waals surface area contributed by atoms with Crippen LogP contribution >= 0.6 is 0 Å². The quantitative estimate of drug-likeness (QED) is 0.0356. The van der Waals surface area contributed by atoms with Crippen LogP contribution in [0.2, 0.25) is 0 Å². The van der Waals surface area contributed by atoms with Gasteiger partial charge < -0.3 is 39.4 Å². The predicted octanol–water partition coefficient (Wildman–Crippen LogP) is 6.91. The molecule has 0 bridgehead atoms. The van der Waals surface area contributed by atoms with Crippen LogP contribution in [0.15, 0.2) is 12.2 Å². The Morgan fingerprint density at radius 2 is 1.20 bits per heavy atom. The van der Waals surface area contributed by atoms with Crippen LogP contribution in [0.25, 0.3) is 0 Å². The summed E-state index contributed by atoms with van der Waals surface area (Å²) < 4.78 is 22.6. The lowest BCUT2D eigenvalue weighted by Gasteiger charge is -2.39. The minimum absolute atomic E-state index is 0.112. The van der Waals surface area contributed by atoms with Crippen molar-refractivity contribution in [3.8, 4) is 0 Å². The molecule has 9 heteroatoms. The minimum Gasteiger partial charge on any atom is -0.457 e. The van der Waals surface area contributed by atoms with Gasteiger partial charge in [-0.25, -0.2) is 0 Å². The van der Waals surface area contributed by atoms with Crippen LogP contribution in [-0.4, -0.2) is 89.6 Å². The van der Waals surface area contributed by atoms with Gasteiger partial charge in [0.05, 0.1) is 19.8 Å². The fourth-order valence-corrected chi connectivity index (χ4v) is 5.66. The van der Waals surface area contributed by atoms with E-state index in [9.17, 15) is 25.2 Å². The third-order valence-corrected chi connectivity index (χ3v) is 8.68. The molecule has 6 atom stereocenters. The Bertz CT molecular complexity index is 717. The molecule has 0 amide bonds. The first kappa shape index (κ1) is 43.0. The van der Waals surface area contributed by atoms with Crippen molar-refractivity contribution in [3.63, 3.8) is 0 Å². The Kier molecular flexibility index (Phi) is 28.0. The second-order valence-electron chi connectivity index (χ2n) is 13.0. The molecule has 1 saturated heterocycles. The van der Waals surface area contributed by atoms with Gasteiger partial charge in [0, 0.05) is 13.0 Å². The number of aliphatic hydroxyl groups is 4. The van der Waals surface area contributed by atoms with Crippen molar-refractivity contribution in [2.75, 3.05) is 26.4 Å². The van der Waals surface area contributed by atoms with E-state index >= 15 is 0 Å². The molecule has 0 radical (unpaired) electrons. The van der Waals surface area contributed by atoms with Crippen LogP contribution in [-0.2, 0) is 23.7 Å². The summed E-state index contributed by atoms with van der Waals surface area (Å²) in [4.78, 5) is 12.6. The number of carbonyl (C=O) groups excluding carboxylic acids is 1. The smallest absolute Gasteiger partial charge is 0.306 e. The molecule has 9 nitrogen and oxygen atoms in total. The molecule has 1 heterocycles. The van der Waals surface area contributed by atoms with Gasteiger partial charge in [0.2, 0.25) is 0 Å². The number of rotatable bonds is 31. The highest BCUT2D eigenvalue weighted by Crippen LogP contribution is 2.22. The van der Waals surface area contributed by atoms with Crippen molar-refractivity contribution in [2.24, 2.45) is 0 Å². The molecule has 1 fully saturated rings. The average Bonchev–Trinajstić information content (AvgIpc) is 3.05. The summed E-state index contributed by atoms with van der Waals surface area (Å²) in [5.74, 6) is -0.318. The highest BCUT2D eigenvalue weighted by atomic mass is 16.7. The van der Waals surface area contributed by atoms with Crippen LogP contribution in [0.1, 0.15) is 155 Å². The number of hydrogen-bond donors (Lipinski definition) is 4. The van der Waals surface area contributed by atoms with Crippen molar-refractivity contribution in [1.29, 1.82) is 0 Å². The Morgan fingerprint density at radius 3 is 1.80 bits per heavy atom. The van der Waals surface area contributed by atoms with E-state index in [1.54, 1.807) is 0 Å². The molecule has 0 aromatic heterocycles. The van der Waals surface area contributed by atoms with Gasteiger partial charge in [-0.15, -0.1) is 0 Å². The molecule has 4 N–H and O–H groups in total. The van der Waals surface area contributed by atoms with Gasteiger partial charge in [0.1, 0.15) is 30.5 Å². The molecule has 0 aromatic carbocycles. The molecular weight excluding hydrogens is 588 g/mol. The zero-order valence-electron chi connectivity index (χ0n) is 29.3. The number of esters is 1. The van der Waals surface area contributed by atoms with E-state index < -0.39 is 43.4 Å². The first-order chi connectivity index (χ1) is 22.4. The molecule has 0 aliphatic carbocycles. The SMILES string of the molecule is CCCCC/C=C\CCCCCCCCOCC(COC1OC(CO)C(O)C(O)C1O)OC(=O)CCCCCCCCCCCC. The van der Waals surface area contributed by atoms with E-state index in [-0.39, 0.29) is 19.2 Å². The van der Waals surface area contributed by atoms with Gasteiger partial charge in [0.25, 0.3) is 0 Å². The Labute approximate surface area is 280 Å². The topological polar surface area (TPSA) is 135 Å². The summed E-state index contributed by atoms with van der Waals surface area (Å²) in [7, 11) is 0. The van der Waals surface area contributed by atoms with Crippen molar-refractivity contribution in [2.45, 2.75) is 192 Å². The second-order valence-corrected chi connectivity index (χ2v) is 13.0. The normalized spacial score (nSPS) is 22.4. The Hall–Kier alpha value is -1.07. The van der Waals surface area contributed by atoms with Crippen molar-refractivity contribution in [1.82, 2.24) is 0 Å². The standard InChI is InChI=1S/C37H70O9/c1-3-5-7-9-11-13-15-16-17-19-21-23-25-27-43-29-31(30-44-37-36(42)35(41)34(40)32(28-38)46-37)45-33(39)26-24-22-20-18-14-12-10-8-6-4-2/h11,13,31-32,34-38,40-42H,3-10,12,14-30H2,1-2H3/b13-11-. The van der Waals surface area contributed by atoms with Crippen molar-refractivity contribution in [3.05, 3.63) is 12.2 Å². The summed E-state index contributed by atoms with van der Waals surface area (Å²) in [6.07, 6.45) is 22.3. The van der Waals surface area contributed by atoms with Gasteiger partial charge in [-0.1, -0.05) is 122 Å². The fraction of sp³-hybridized carbons (Fsp3) is 0.919. The van der Waals surface area contributed by atoms with E-state index in [0.29, 0.717) is 13.0 Å². The number of allylic oxidation sites excluding steroid dienone is 2. The molecule has 6 unspecified atom stereocenters. The van der Waals surface area contributed by atoms with E-state index in [4.69, 9.17) is 18.9 Å². The van der Waals surface area contributed by atoms with E-state index in [1.165, 1.54) is 103 Å². The molecule has 0 spiro atoms. The lowest BCUT2D eigenvalue weighted by Crippen LogP contribution is -2.59. The summed E-state index contributed by atoms with van der Waals surface area (Å²) in [6, 6.07) is 0. The van der Waals surface area contributed by atoms with Crippen molar-refractivity contribution < 1.29 is 44.2 Å². The number of aliphatic hydroxyl groups excluding tert-OH is 4. The number of hydrogen-bond acceptors (Lipinski definition) is 9. The first-order valence-corrected chi connectivity index (χ1v) is 18.8. The fourth-order valence-electron chi connectivity index (χ4n) is 5.66. The van der Waals surface area contributed by atoms with Gasteiger partial charge in [0.15, 0.2) is 6.29 Å². The number of carbonyl (C=O) groups is 1. The first-order valence-electron chi connectivity index (χ1n) is 18.8.